The lowest BCUT2D eigenvalue weighted by Crippen LogP contribution is -2.03. The summed E-state index contributed by atoms with van der Waals surface area (Å²) in [5, 5.41) is 20.5. The maximum Gasteiger partial charge on any atom is 0.335 e. The van der Waals surface area contributed by atoms with E-state index in [1.54, 1.807) is 6.20 Å². The van der Waals surface area contributed by atoms with Gasteiger partial charge in [-0.3, -0.25) is 4.98 Å². The van der Waals surface area contributed by atoms with Crippen LogP contribution in [0.5, 0.6) is 0 Å². The standard InChI is InChI=1S/C20H13N3O4/c24-19(25)14-5-13(6-15(7-14)20(26)27)17-10-22-18(23-17)16-8-11-3-1-2-4-12(11)9-21-16/h1-10H,(H,22,23)(H,24,25)(H,26,27). The summed E-state index contributed by atoms with van der Waals surface area (Å²) in [6, 6.07) is 13.6. The van der Waals surface area contributed by atoms with Crippen molar-refractivity contribution in [2.75, 3.05) is 0 Å². The lowest BCUT2D eigenvalue weighted by atomic mass is 10.0. The smallest absolute Gasteiger partial charge is 0.335 e. The second kappa shape index (κ2) is 6.38. The summed E-state index contributed by atoms with van der Waals surface area (Å²) in [7, 11) is 0. The maximum absolute atomic E-state index is 11.3. The third-order valence-electron chi connectivity index (χ3n) is 4.19. The molecule has 0 spiro atoms. The van der Waals surface area contributed by atoms with Gasteiger partial charge in [-0.15, -0.1) is 0 Å². The van der Waals surface area contributed by atoms with Gasteiger partial charge in [0.2, 0.25) is 0 Å². The molecule has 7 heteroatoms. The quantitative estimate of drug-likeness (QED) is 0.512. The van der Waals surface area contributed by atoms with Crippen molar-refractivity contribution < 1.29 is 19.8 Å². The molecule has 0 aliphatic rings. The summed E-state index contributed by atoms with van der Waals surface area (Å²) in [6.07, 6.45) is 3.28. The van der Waals surface area contributed by atoms with E-state index < -0.39 is 11.9 Å². The Morgan fingerprint density at radius 3 is 2.15 bits per heavy atom. The molecule has 0 fully saturated rings. The average Bonchev–Trinajstić information content (AvgIpc) is 3.17. The number of hydrogen-bond donors (Lipinski definition) is 3. The van der Waals surface area contributed by atoms with E-state index in [1.807, 2.05) is 30.3 Å². The number of imidazole rings is 1. The number of aromatic carboxylic acids is 2. The molecular formula is C20H13N3O4. The second-order valence-corrected chi connectivity index (χ2v) is 5.97. The number of aromatic amines is 1. The minimum atomic E-state index is -1.20. The molecule has 2 aromatic heterocycles. The first-order valence-electron chi connectivity index (χ1n) is 8.03. The number of nitrogens with zero attached hydrogens (tertiary/aromatic N) is 2. The Kier molecular flexibility index (Phi) is 3.89. The van der Waals surface area contributed by atoms with Gasteiger partial charge in [0.05, 0.1) is 23.0 Å². The van der Waals surface area contributed by atoms with Crippen molar-refractivity contribution in [3.8, 4) is 22.8 Å². The molecule has 0 saturated heterocycles. The zero-order valence-electron chi connectivity index (χ0n) is 13.9. The fourth-order valence-corrected chi connectivity index (χ4v) is 2.84. The highest BCUT2D eigenvalue weighted by Gasteiger charge is 2.14. The molecule has 2 heterocycles. The van der Waals surface area contributed by atoms with Crippen molar-refractivity contribution in [3.05, 3.63) is 72.1 Å². The number of fused-ring (bicyclic) bond motifs is 1. The summed E-state index contributed by atoms with van der Waals surface area (Å²) >= 11 is 0. The highest BCUT2D eigenvalue weighted by molar-refractivity contribution is 5.96. The van der Waals surface area contributed by atoms with Gasteiger partial charge in [0.15, 0.2) is 5.82 Å². The fraction of sp³-hybridized carbons (Fsp3) is 0. The summed E-state index contributed by atoms with van der Waals surface area (Å²) in [5.74, 6) is -1.89. The third kappa shape index (κ3) is 3.13. The van der Waals surface area contributed by atoms with Gasteiger partial charge in [-0.2, -0.15) is 0 Å². The third-order valence-corrected chi connectivity index (χ3v) is 4.19. The van der Waals surface area contributed by atoms with Crippen molar-refractivity contribution >= 4 is 22.7 Å². The normalized spacial score (nSPS) is 10.8. The van der Waals surface area contributed by atoms with Gasteiger partial charge >= 0.3 is 11.9 Å². The van der Waals surface area contributed by atoms with Crippen LogP contribution in [-0.2, 0) is 0 Å². The molecular weight excluding hydrogens is 346 g/mol. The minimum Gasteiger partial charge on any atom is -0.478 e. The molecule has 2 aromatic carbocycles. The van der Waals surface area contributed by atoms with Crippen LogP contribution >= 0.6 is 0 Å². The van der Waals surface area contributed by atoms with E-state index in [0.717, 1.165) is 16.8 Å². The number of carbonyl (C=O) groups is 2. The van der Waals surface area contributed by atoms with Crippen LogP contribution in [0.15, 0.2) is 60.9 Å². The summed E-state index contributed by atoms with van der Waals surface area (Å²) in [6.45, 7) is 0. The van der Waals surface area contributed by atoms with Crippen LogP contribution in [0.3, 0.4) is 0 Å². The molecule has 132 valence electrons. The van der Waals surface area contributed by atoms with Crippen LogP contribution in [0.25, 0.3) is 33.5 Å². The van der Waals surface area contributed by atoms with Crippen molar-refractivity contribution in [1.29, 1.82) is 0 Å². The van der Waals surface area contributed by atoms with Crippen LogP contribution in [0.4, 0.5) is 0 Å². The van der Waals surface area contributed by atoms with Crippen LogP contribution < -0.4 is 0 Å². The van der Waals surface area contributed by atoms with E-state index in [2.05, 4.69) is 15.0 Å². The predicted molar refractivity (Wildman–Crippen MR) is 98.7 cm³/mol. The number of carboxylic acid groups (broad SMARTS) is 2. The predicted octanol–water partition coefficient (Wildman–Crippen LogP) is 3.69. The number of carboxylic acids is 2. The fourth-order valence-electron chi connectivity index (χ4n) is 2.84. The molecule has 0 unspecified atom stereocenters. The average molecular weight is 359 g/mol. The highest BCUT2D eigenvalue weighted by atomic mass is 16.4. The van der Waals surface area contributed by atoms with E-state index in [-0.39, 0.29) is 11.1 Å². The Labute approximate surface area is 153 Å². The molecule has 4 rings (SSSR count). The lowest BCUT2D eigenvalue weighted by molar-refractivity contribution is 0.0696. The SMILES string of the molecule is O=C(O)c1cc(C(=O)O)cc(-c2cnc(-c3cc4ccccc4cn3)[nH]2)c1. The van der Waals surface area contributed by atoms with Gasteiger partial charge in [0, 0.05) is 17.1 Å². The van der Waals surface area contributed by atoms with Gasteiger partial charge < -0.3 is 15.2 Å². The number of pyridine rings is 1. The van der Waals surface area contributed by atoms with E-state index >= 15 is 0 Å². The van der Waals surface area contributed by atoms with Gasteiger partial charge in [-0.1, -0.05) is 24.3 Å². The number of H-pyrrole nitrogens is 1. The Bertz CT molecular complexity index is 1160. The van der Waals surface area contributed by atoms with Crippen molar-refractivity contribution in [2.45, 2.75) is 0 Å². The first-order chi connectivity index (χ1) is 13.0. The first kappa shape index (κ1) is 16.5. The monoisotopic (exact) mass is 359 g/mol. The molecule has 0 radical (unpaired) electrons. The molecule has 0 amide bonds. The van der Waals surface area contributed by atoms with Crippen molar-refractivity contribution in [2.24, 2.45) is 0 Å². The molecule has 0 bridgehead atoms. The Morgan fingerprint density at radius 1 is 0.815 bits per heavy atom. The van der Waals surface area contributed by atoms with E-state index in [1.165, 1.54) is 18.3 Å². The van der Waals surface area contributed by atoms with Gasteiger partial charge in [-0.25, -0.2) is 14.6 Å². The van der Waals surface area contributed by atoms with Crippen LogP contribution in [0.1, 0.15) is 20.7 Å². The zero-order chi connectivity index (χ0) is 19.0. The molecule has 4 aromatic rings. The highest BCUT2D eigenvalue weighted by Crippen LogP contribution is 2.25. The minimum absolute atomic E-state index is 0.107. The number of benzene rings is 2. The van der Waals surface area contributed by atoms with E-state index in [9.17, 15) is 19.8 Å². The van der Waals surface area contributed by atoms with Crippen LogP contribution in [-0.4, -0.2) is 37.1 Å². The lowest BCUT2D eigenvalue weighted by Gasteiger charge is -2.04. The number of hydrogen-bond acceptors (Lipinski definition) is 4. The molecule has 3 N–H and O–H groups in total. The Hall–Kier alpha value is -4.00. The Morgan fingerprint density at radius 2 is 1.48 bits per heavy atom. The molecule has 0 aliphatic heterocycles. The van der Waals surface area contributed by atoms with Crippen LogP contribution in [0.2, 0.25) is 0 Å². The summed E-state index contributed by atoms with van der Waals surface area (Å²) in [5.41, 5.74) is 1.35. The summed E-state index contributed by atoms with van der Waals surface area (Å²) < 4.78 is 0. The van der Waals surface area contributed by atoms with Gasteiger partial charge in [0.25, 0.3) is 0 Å². The van der Waals surface area contributed by atoms with E-state index in [4.69, 9.17) is 0 Å². The number of rotatable bonds is 4. The van der Waals surface area contributed by atoms with Crippen LogP contribution in [0, 0.1) is 0 Å². The van der Waals surface area contributed by atoms with Gasteiger partial charge in [0.1, 0.15) is 5.69 Å². The first-order valence-corrected chi connectivity index (χ1v) is 8.03. The maximum atomic E-state index is 11.3. The van der Waals surface area contributed by atoms with Crippen molar-refractivity contribution in [1.82, 2.24) is 15.0 Å². The molecule has 0 aliphatic carbocycles. The topological polar surface area (TPSA) is 116 Å². The summed E-state index contributed by atoms with van der Waals surface area (Å²) in [4.78, 5) is 34.3. The molecule has 0 saturated carbocycles. The molecule has 27 heavy (non-hydrogen) atoms. The second-order valence-electron chi connectivity index (χ2n) is 5.97. The van der Waals surface area contributed by atoms with Crippen molar-refractivity contribution in [3.63, 3.8) is 0 Å². The van der Waals surface area contributed by atoms with E-state index in [0.29, 0.717) is 22.8 Å². The van der Waals surface area contributed by atoms with Gasteiger partial charge in [-0.05, 0) is 29.7 Å². The number of aromatic nitrogens is 3. The molecule has 0 atom stereocenters. The number of nitrogens with one attached hydrogen (secondary N) is 1. The largest absolute Gasteiger partial charge is 0.478 e. The Balaban J connectivity index is 1.77. The zero-order valence-corrected chi connectivity index (χ0v) is 13.9. The molecule has 7 nitrogen and oxygen atoms in total.